The lowest BCUT2D eigenvalue weighted by Crippen LogP contribution is -1.94. The first-order valence-corrected chi connectivity index (χ1v) is 6.94. The van der Waals surface area contributed by atoms with Gasteiger partial charge in [0, 0.05) is 6.61 Å². The normalized spacial score (nSPS) is 16.7. The summed E-state index contributed by atoms with van der Waals surface area (Å²) >= 11 is 10.7. The highest BCUT2D eigenvalue weighted by Gasteiger charge is 2.11. The molecule has 0 aromatic heterocycles. The number of hydrogen-bond donors (Lipinski definition) is 0. The fraction of sp³-hybridized carbons (Fsp3) is 1.00. The molecule has 0 radical (unpaired) electrons. The molecule has 0 rings (SSSR count). The van der Waals surface area contributed by atoms with Gasteiger partial charge in [-0.25, -0.2) is 0 Å². The van der Waals surface area contributed by atoms with E-state index in [-0.39, 0.29) is 0 Å². The van der Waals surface area contributed by atoms with Crippen LogP contribution >= 0.6 is 16.9 Å². The van der Waals surface area contributed by atoms with Gasteiger partial charge in [0.05, 0.1) is 6.61 Å². The van der Waals surface area contributed by atoms with Crippen LogP contribution in [0.15, 0.2) is 0 Å². The lowest BCUT2D eigenvalue weighted by molar-refractivity contribution is 0.187. The van der Waals surface area contributed by atoms with Crippen molar-refractivity contribution in [3.05, 3.63) is 0 Å². The zero-order valence-corrected chi connectivity index (χ0v) is 8.64. The average molecular weight is 203 g/mol. The Kier molecular flexibility index (Phi) is 5.98. The summed E-state index contributed by atoms with van der Waals surface area (Å²) in [4.78, 5) is 0. The molecular formula is C5H12ClO2PS. The molecule has 0 aromatic rings. The number of hydrogen-bond acceptors (Lipinski definition) is 3. The maximum absolute atomic E-state index is 5.79. The van der Waals surface area contributed by atoms with Gasteiger partial charge < -0.3 is 9.26 Å². The largest absolute Gasteiger partial charge is 0.373 e. The topological polar surface area (TPSA) is 18.5 Å². The van der Waals surface area contributed by atoms with E-state index in [0.29, 0.717) is 19.6 Å². The predicted octanol–water partition coefficient (Wildman–Crippen LogP) is 2.57. The van der Waals surface area contributed by atoms with E-state index in [0.717, 1.165) is 0 Å². The molecule has 0 aliphatic heterocycles. The number of ether oxygens (including phenoxy) is 1. The molecule has 0 saturated carbocycles. The van der Waals surface area contributed by atoms with Crippen molar-refractivity contribution in [2.24, 2.45) is 0 Å². The van der Waals surface area contributed by atoms with Crippen LogP contribution in [-0.4, -0.2) is 19.6 Å². The van der Waals surface area contributed by atoms with Crippen molar-refractivity contribution in [2.45, 2.75) is 13.8 Å². The van der Waals surface area contributed by atoms with Gasteiger partial charge in [0.15, 0.2) is 5.62 Å². The van der Waals surface area contributed by atoms with E-state index in [1.807, 2.05) is 13.8 Å². The summed E-state index contributed by atoms with van der Waals surface area (Å²) in [7, 11) is 0. The lowest BCUT2D eigenvalue weighted by atomic mass is 10.9. The standard InChI is InChI=1S/C5H12ClO2PS/c1-3-7-5-9(6,10)8-4-2/h3-5H2,1-2H3. The third kappa shape index (κ3) is 5.63. The van der Waals surface area contributed by atoms with E-state index in [4.69, 9.17) is 32.3 Å². The molecule has 0 saturated heterocycles. The van der Waals surface area contributed by atoms with Gasteiger partial charge in [0.1, 0.15) is 6.35 Å². The number of rotatable bonds is 5. The van der Waals surface area contributed by atoms with Gasteiger partial charge in [-0.05, 0) is 25.7 Å². The van der Waals surface area contributed by atoms with Gasteiger partial charge in [-0.3, -0.25) is 0 Å². The van der Waals surface area contributed by atoms with Crippen LogP contribution in [0.3, 0.4) is 0 Å². The van der Waals surface area contributed by atoms with Gasteiger partial charge in [-0.15, -0.1) is 0 Å². The van der Waals surface area contributed by atoms with E-state index in [9.17, 15) is 0 Å². The molecule has 0 bridgehead atoms. The van der Waals surface area contributed by atoms with Crippen molar-refractivity contribution in [3.63, 3.8) is 0 Å². The Labute approximate surface area is 71.7 Å². The van der Waals surface area contributed by atoms with Crippen molar-refractivity contribution in [1.29, 1.82) is 0 Å². The van der Waals surface area contributed by atoms with E-state index < -0.39 is 5.62 Å². The minimum Gasteiger partial charge on any atom is -0.373 e. The summed E-state index contributed by atoms with van der Waals surface area (Å²) in [5.74, 6) is 0. The van der Waals surface area contributed by atoms with E-state index in [2.05, 4.69) is 0 Å². The monoisotopic (exact) mass is 202 g/mol. The first-order chi connectivity index (χ1) is 4.62. The van der Waals surface area contributed by atoms with Crippen molar-refractivity contribution in [1.82, 2.24) is 0 Å². The van der Waals surface area contributed by atoms with Crippen molar-refractivity contribution < 1.29 is 9.26 Å². The van der Waals surface area contributed by atoms with Crippen LogP contribution in [0.1, 0.15) is 13.8 Å². The predicted molar refractivity (Wildman–Crippen MR) is 48.3 cm³/mol. The van der Waals surface area contributed by atoms with Gasteiger partial charge in [0.25, 0.3) is 0 Å². The summed E-state index contributed by atoms with van der Waals surface area (Å²) in [5, 5.41) is 0. The Morgan fingerprint density at radius 2 is 2.00 bits per heavy atom. The molecule has 0 amide bonds. The zero-order chi connectivity index (χ0) is 8.04. The lowest BCUT2D eigenvalue weighted by Gasteiger charge is -2.12. The molecular weight excluding hydrogens is 191 g/mol. The van der Waals surface area contributed by atoms with Crippen LogP contribution in [0.5, 0.6) is 0 Å². The van der Waals surface area contributed by atoms with Gasteiger partial charge >= 0.3 is 0 Å². The van der Waals surface area contributed by atoms with E-state index in [1.54, 1.807) is 0 Å². The van der Waals surface area contributed by atoms with Gasteiger partial charge in [0.2, 0.25) is 0 Å². The highest BCUT2D eigenvalue weighted by molar-refractivity contribution is 8.24. The molecule has 5 heteroatoms. The molecule has 62 valence electrons. The Morgan fingerprint density at radius 1 is 1.40 bits per heavy atom. The molecule has 2 nitrogen and oxygen atoms in total. The van der Waals surface area contributed by atoms with Gasteiger partial charge in [-0.2, -0.15) is 0 Å². The van der Waals surface area contributed by atoms with Gasteiger partial charge in [-0.1, -0.05) is 11.2 Å². The maximum atomic E-state index is 5.79. The average Bonchev–Trinajstić information content (AvgIpc) is 1.84. The molecule has 0 fully saturated rings. The fourth-order valence-corrected chi connectivity index (χ4v) is 2.33. The molecule has 0 N–H and O–H groups in total. The second-order valence-corrected chi connectivity index (χ2v) is 7.34. The highest BCUT2D eigenvalue weighted by atomic mass is 35.7. The van der Waals surface area contributed by atoms with Crippen LogP contribution in [0, 0.1) is 0 Å². The fourth-order valence-electron chi connectivity index (χ4n) is 0.430. The molecule has 0 aliphatic rings. The third-order valence-corrected chi connectivity index (χ3v) is 3.12. The summed E-state index contributed by atoms with van der Waals surface area (Å²) in [6, 6.07) is 0. The Morgan fingerprint density at radius 3 is 2.40 bits per heavy atom. The minimum atomic E-state index is -2.13. The quantitative estimate of drug-likeness (QED) is 0.639. The highest BCUT2D eigenvalue weighted by Crippen LogP contribution is 2.52. The molecule has 1 atom stereocenters. The molecule has 0 heterocycles. The first kappa shape index (κ1) is 10.9. The second-order valence-electron chi connectivity index (χ2n) is 1.63. The smallest absolute Gasteiger partial charge is 0.176 e. The molecule has 10 heavy (non-hydrogen) atoms. The van der Waals surface area contributed by atoms with E-state index >= 15 is 0 Å². The number of halogens is 1. The summed E-state index contributed by atoms with van der Waals surface area (Å²) in [5.41, 5.74) is -2.13. The van der Waals surface area contributed by atoms with Crippen molar-refractivity contribution in [3.8, 4) is 0 Å². The summed E-state index contributed by atoms with van der Waals surface area (Å²) in [6.07, 6.45) is 0.369. The van der Waals surface area contributed by atoms with Crippen molar-refractivity contribution in [2.75, 3.05) is 19.6 Å². The zero-order valence-electron chi connectivity index (χ0n) is 6.17. The van der Waals surface area contributed by atoms with Crippen LogP contribution in [0.2, 0.25) is 0 Å². The molecule has 0 spiro atoms. The Hall–Kier alpha value is 0.860. The van der Waals surface area contributed by atoms with E-state index in [1.165, 1.54) is 0 Å². The molecule has 0 aliphatic carbocycles. The van der Waals surface area contributed by atoms with Crippen LogP contribution < -0.4 is 0 Å². The first-order valence-electron chi connectivity index (χ1n) is 3.13. The maximum Gasteiger partial charge on any atom is 0.176 e. The molecule has 0 aromatic carbocycles. The Bertz CT molecular complexity index is 131. The summed E-state index contributed by atoms with van der Waals surface area (Å²) < 4.78 is 10.1. The minimum absolute atomic E-state index is 0.369. The molecule has 1 unspecified atom stereocenters. The van der Waals surface area contributed by atoms with Crippen LogP contribution in [-0.2, 0) is 21.1 Å². The second kappa shape index (κ2) is 5.50. The van der Waals surface area contributed by atoms with Crippen molar-refractivity contribution >= 4 is 28.7 Å². The SMILES string of the molecule is CCOCP(=S)(Cl)OCC. The van der Waals surface area contributed by atoms with Crippen LogP contribution in [0.25, 0.3) is 0 Å². The third-order valence-electron chi connectivity index (χ3n) is 0.772. The van der Waals surface area contributed by atoms with Crippen LogP contribution in [0.4, 0.5) is 0 Å². The Balaban J connectivity index is 3.53. The summed E-state index contributed by atoms with van der Waals surface area (Å²) in [6.45, 7) is 4.97.